The van der Waals surface area contributed by atoms with Crippen LogP contribution < -0.4 is 4.74 Å². The molecule has 1 fully saturated rings. The van der Waals surface area contributed by atoms with Crippen molar-refractivity contribution in [3.8, 4) is 5.75 Å². The Morgan fingerprint density at radius 1 is 1.25 bits per heavy atom. The zero-order valence-corrected chi connectivity index (χ0v) is 11.3. The number of hydrogen-bond donors (Lipinski definition) is 0. The van der Waals surface area contributed by atoms with Crippen LogP contribution in [0.3, 0.4) is 0 Å². The van der Waals surface area contributed by atoms with E-state index in [-0.39, 0.29) is 0 Å². The Morgan fingerprint density at radius 2 is 1.94 bits per heavy atom. The Morgan fingerprint density at radius 3 is 2.50 bits per heavy atom. The molecular formula is C14H21OS+. The predicted molar refractivity (Wildman–Crippen MR) is 71.5 cm³/mol. The highest BCUT2D eigenvalue weighted by Gasteiger charge is 2.29. The lowest BCUT2D eigenvalue weighted by Crippen LogP contribution is -2.23. The SMILES string of the molecule is COc1ccc([S+]2CCC(C)CC2)c(C)c1. The molecule has 0 aliphatic carbocycles. The Hall–Kier alpha value is -0.630. The summed E-state index contributed by atoms with van der Waals surface area (Å²) in [5, 5.41) is 0. The maximum Gasteiger partial charge on any atom is 0.158 e. The van der Waals surface area contributed by atoms with Gasteiger partial charge in [-0.1, -0.05) is 6.92 Å². The second-order valence-corrected chi connectivity index (χ2v) is 6.96. The van der Waals surface area contributed by atoms with E-state index in [1.807, 2.05) is 0 Å². The van der Waals surface area contributed by atoms with Gasteiger partial charge in [0.05, 0.1) is 7.11 Å². The summed E-state index contributed by atoms with van der Waals surface area (Å²) < 4.78 is 5.26. The first-order chi connectivity index (χ1) is 7.70. The minimum atomic E-state index is 0.494. The molecule has 1 aliphatic heterocycles. The molecule has 0 aromatic heterocycles. The van der Waals surface area contributed by atoms with E-state index in [0.717, 1.165) is 11.7 Å². The molecule has 2 rings (SSSR count). The van der Waals surface area contributed by atoms with Crippen LogP contribution >= 0.6 is 0 Å². The fourth-order valence-electron chi connectivity index (χ4n) is 2.23. The third-order valence-electron chi connectivity index (χ3n) is 3.41. The molecule has 1 aromatic rings. The summed E-state index contributed by atoms with van der Waals surface area (Å²) in [5.74, 6) is 4.68. The molecule has 16 heavy (non-hydrogen) atoms. The Kier molecular flexibility index (Phi) is 3.80. The third-order valence-corrected chi connectivity index (χ3v) is 5.94. The van der Waals surface area contributed by atoms with Gasteiger partial charge in [-0.05, 0) is 43.9 Å². The van der Waals surface area contributed by atoms with E-state index >= 15 is 0 Å². The molecule has 0 atom stereocenters. The van der Waals surface area contributed by atoms with Gasteiger partial charge >= 0.3 is 0 Å². The number of hydrogen-bond acceptors (Lipinski definition) is 1. The van der Waals surface area contributed by atoms with Crippen LogP contribution in [0.2, 0.25) is 0 Å². The van der Waals surface area contributed by atoms with Crippen LogP contribution in [0.4, 0.5) is 0 Å². The average molecular weight is 237 g/mol. The van der Waals surface area contributed by atoms with Gasteiger partial charge in [-0.2, -0.15) is 0 Å². The van der Waals surface area contributed by atoms with E-state index < -0.39 is 0 Å². The van der Waals surface area contributed by atoms with Gasteiger partial charge in [0.1, 0.15) is 17.3 Å². The predicted octanol–water partition coefficient (Wildman–Crippen LogP) is 3.41. The lowest BCUT2D eigenvalue weighted by Gasteiger charge is -2.19. The summed E-state index contributed by atoms with van der Waals surface area (Å²) in [4.78, 5) is 1.56. The van der Waals surface area contributed by atoms with E-state index in [4.69, 9.17) is 4.74 Å². The van der Waals surface area contributed by atoms with Gasteiger partial charge in [0.15, 0.2) is 4.90 Å². The molecule has 0 saturated carbocycles. The molecule has 1 nitrogen and oxygen atoms in total. The van der Waals surface area contributed by atoms with Crippen LogP contribution in [0.1, 0.15) is 25.3 Å². The molecule has 0 unspecified atom stereocenters. The van der Waals surface area contributed by atoms with Crippen molar-refractivity contribution >= 4 is 10.9 Å². The van der Waals surface area contributed by atoms with Gasteiger partial charge in [-0.3, -0.25) is 0 Å². The van der Waals surface area contributed by atoms with Gasteiger partial charge in [-0.15, -0.1) is 0 Å². The van der Waals surface area contributed by atoms with Crippen molar-refractivity contribution in [3.05, 3.63) is 23.8 Å². The minimum Gasteiger partial charge on any atom is -0.497 e. The lowest BCUT2D eigenvalue weighted by atomic mass is 10.1. The summed E-state index contributed by atoms with van der Waals surface area (Å²) in [6.07, 6.45) is 2.79. The molecule has 0 amide bonds. The van der Waals surface area contributed by atoms with E-state index in [9.17, 15) is 0 Å². The molecule has 1 aromatic carbocycles. The maximum atomic E-state index is 5.26. The highest BCUT2D eigenvalue weighted by atomic mass is 32.2. The van der Waals surface area contributed by atoms with Gasteiger partial charge in [0.2, 0.25) is 0 Å². The summed E-state index contributed by atoms with van der Waals surface area (Å²) in [5.41, 5.74) is 1.40. The van der Waals surface area contributed by atoms with Crippen LogP contribution in [0.15, 0.2) is 23.1 Å². The molecule has 1 aliphatic rings. The molecule has 1 heterocycles. The number of benzene rings is 1. The monoisotopic (exact) mass is 237 g/mol. The van der Waals surface area contributed by atoms with Gasteiger partial charge in [-0.25, -0.2) is 0 Å². The molecule has 0 N–H and O–H groups in total. The first-order valence-electron chi connectivity index (χ1n) is 6.03. The summed E-state index contributed by atoms with van der Waals surface area (Å²) in [7, 11) is 2.23. The topological polar surface area (TPSA) is 9.23 Å². The van der Waals surface area contributed by atoms with Crippen molar-refractivity contribution in [1.82, 2.24) is 0 Å². The first kappa shape index (κ1) is 11.8. The highest BCUT2D eigenvalue weighted by Crippen LogP contribution is 2.29. The molecule has 88 valence electrons. The van der Waals surface area contributed by atoms with Crippen molar-refractivity contribution in [2.24, 2.45) is 5.92 Å². The largest absolute Gasteiger partial charge is 0.497 e. The Bertz CT molecular complexity index is 354. The number of aryl methyl sites for hydroxylation is 1. The quantitative estimate of drug-likeness (QED) is 0.716. The van der Waals surface area contributed by atoms with E-state index in [1.165, 1.54) is 29.9 Å². The van der Waals surface area contributed by atoms with Crippen molar-refractivity contribution in [3.63, 3.8) is 0 Å². The molecule has 0 radical (unpaired) electrons. The summed E-state index contributed by atoms with van der Waals surface area (Å²) >= 11 is 0. The minimum absolute atomic E-state index is 0.494. The van der Waals surface area contributed by atoms with Gasteiger partial charge in [0, 0.05) is 16.5 Å². The van der Waals surface area contributed by atoms with Gasteiger partial charge < -0.3 is 4.74 Å². The highest BCUT2D eigenvalue weighted by molar-refractivity contribution is 7.97. The van der Waals surface area contributed by atoms with Crippen molar-refractivity contribution < 1.29 is 4.74 Å². The molecular weight excluding hydrogens is 216 g/mol. The normalized spacial score (nSPS) is 25.4. The van der Waals surface area contributed by atoms with E-state index in [2.05, 4.69) is 32.0 Å². The Labute approximate surface area is 102 Å². The maximum absolute atomic E-state index is 5.26. The van der Waals surface area contributed by atoms with Crippen LogP contribution in [-0.4, -0.2) is 18.6 Å². The zero-order valence-electron chi connectivity index (χ0n) is 10.5. The van der Waals surface area contributed by atoms with Gasteiger partial charge in [0.25, 0.3) is 0 Å². The van der Waals surface area contributed by atoms with Crippen LogP contribution in [0.25, 0.3) is 0 Å². The Balaban J connectivity index is 2.14. The second kappa shape index (κ2) is 5.13. The van der Waals surface area contributed by atoms with E-state index in [0.29, 0.717) is 10.9 Å². The average Bonchev–Trinajstić information content (AvgIpc) is 2.30. The first-order valence-corrected chi connectivity index (χ1v) is 7.59. The zero-order chi connectivity index (χ0) is 11.5. The van der Waals surface area contributed by atoms with Crippen LogP contribution in [0, 0.1) is 12.8 Å². The third kappa shape index (κ3) is 2.54. The lowest BCUT2D eigenvalue weighted by molar-refractivity contribution is 0.414. The summed E-state index contributed by atoms with van der Waals surface area (Å²) in [6, 6.07) is 6.54. The standard InChI is InChI=1S/C14H21OS/c1-11-6-8-16(9-7-11)14-5-4-13(15-3)10-12(14)2/h4-5,10-11H,6-9H2,1-3H3/q+1. The fraction of sp³-hybridized carbons (Fsp3) is 0.571. The smallest absolute Gasteiger partial charge is 0.158 e. The molecule has 2 heteroatoms. The summed E-state index contributed by atoms with van der Waals surface area (Å²) in [6.45, 7) is 4.59. The number of rotatable bonds is 2. The molecule has 1 saturated heterocycles. The number of ether oxygens (including phenoxy) is 1. The van der Waals surface area contributed by atoms with Crippen molar-refractivity contribution in [2.75, 3.05) is 18.6 Å². The van der Waals surface area contributed by atoms with Crippen molar-refractivity contribution in [1.29, 1.82) is 0 Å². The van der Waals surface area contributed by atoms with Crippen molar-refractivity contribution in [2.45, 2.75) is 31.6 Å². The fourth-order valence-corrected chi connectivity index (χ4v) is 5.02. The number of methoxy groups -OCH3 is 1. The second-order valence-electron chi connectivity index (χ2n) is 4.71. The van der Waals surface area contributed by atoms with Crippen LogP contribution in [0.5, 0.6) is 5.75 Å². The van der Waals surface area contributed by atoms with Crippen LogP contribution in [-0.2, 0) is 10.9 Å². The van der Waals surface area contributed by atoms with E-state index in [1.54, 1.807) is 12.0 Å². The molecule has 0 bridgehead atoms. The molecule has 0 spiro atoms.